The first-order valence-corrected chi connectivity index (χ1v) is 14.6. The Morgan fingerprint density at radius 3 is 2.60 bits per heavy atom. The number of pyridine rings is 2. The van der Waals surface area contributed by atoms with Crippen LogP contribution in [0.3, 0.4) is 0 Å². The molecule has 3 N–H and O–H groups in total. The van der Waals surface area contributed by atoms with Gasteiger partial charge in [0.15, 0.2) is 0 Å². The fourth-order valence-corrected chi connectivity index (χ4v) is 5.84. The van der Waals surface area contributed by atoms with Crippen LogP contribution in [0.15, 0.2) is 42.5 Å². The number of methoxy groups -OCH3 is 1. The van der Waals surface area contributed by atoms with Crippen molar-refractivity contribution in [2.24, 2.45) is 11.7 Å². The van der Waals surface area contributed by atoms with Crippen LogP contribution in [-0.4, -0.2) is 42.0 Å². The van der Waals surface area contributed by atoms with E-state index in [0.717, 1.165) is 12.8 Å². The van der Waals surface area contributed by atoms with E-state index in [-0.39, 0.29) is 35.9 Å². The number of rotatable bonds is 8. The Hall–Kier alpha value is -3.95. The number of nitrogens with one attached hydrogen (secondary N) is 1. The molecule has 0 spiro atoms. The van der Waals surface area contributed by atoms with Gasteiger partial charge in [0.05, 0.1) is 22.8 Å². The van der Waals surface area contributed by atoms with Gasteiger partial charge < -0.3 is 20.5 Å². The molecule has 6 rings (SSSR count). The highest BCUT2D eigenvalue weighted by Gasteiger charge is 2.45. The number of carbonyl (C=O) groups excluding carboxylic acids is 2. The molecule has 2 aromatic heterocycles. The summed E-state index contributed by atoms with van der Waals surface area (Å²) in [7, 11) is 1.53. The molecular weight excluding hydrogens is 594 g/mol. The van der Waals surface area contributed by atoms with Crippen molar-refractivity contribution < 1.29 is 23.5 Å². The first-order chi connectivity index (χ1) is 20.5. The average molecular weight is 624 g/mol. The fraction of sp³-hybridized carbons (Fsp3) is 0.312. The summed E-state index contributed by atoms with van der Waals surface area (Å²) in [5, 5.41) is 4.22. The third-order valence-corrected chi connectivity index (χ3v) is 9.07. The summed E-state index contributed by atoms with van der Waals surface area (Å²) in [6.07, 6.45) is 1.92. The molecule has 4 aromatic rings. The van der Waals surface area contributed by atoms with Gasteiger partial charge in [-0.15, -0.1) is 0 Å². The van der Waals surface area contributed by atoms with Gasteiger partial charge >= 0.3 is 0 Å². The predicted octanol–water partition coefficient (Wildman–Crippen LogP) is 6.12. The second-order valence-corrected chi connectivity index (χ2v) is 12.2. The monoisotopic (exact) mass is 622 g/mol. The normalized spacial score (nSPS) is 18.2. The lowest BCUT2D eigenvalue weighted by molar-refractivity contribution is -0.123. The van der Waals surface area contributed by atoms with Gasteiger partial charge in [-0.3, -0.25) is 9.59 Å². The van der Waals surface area contributed by atoms with Crippen LogP contribution in [0.4, 0.5) is 4.39 Å². The van der Waals surface area contributed by atoms with Crippen molar-refractivity contribution >= 4 is 45.9 Å². The van der Waals surface area contributed by atoms with E-state index in [1.165, 1.54) is 19.2 Å². The summed E-state index contributed by atoms with van der Waals surface area (Å²) in [6, 6.07) is 11.4. The number of amides is 2. The zero-order chi connectivity index (χ0) is 30.6. The van der Waals surface area contributed by atoms with E-state index in [1.807, 2.05) is 6.07 Å². The molecule has 1 saturated carbocycles. The van der Waals surface area contributed by atoms with Crippen LogP contribution in [0.5, 0.6) is 11.5 Å². The van der Waals surface area contributed by atoms with Crippen molar-refractivity contribution in [3.05, 3.63) is 80.8 Å². The van der Waals surface area contributed by atoms with Crippen molar-refractivity contribution in [1.82, 2.24) is 15.3 Å². The number of nitrogens with zero attached hydrogens (tertiary/aromatic N) is 2. The van der Waals surface area contributed by atoms with E-state index in [2.05, 4.69) is 10.3 Å². The first kappa shape index (κ1) is 29.1. The number of nitrogens with two attached hydrogens (primary N) is 1. The maximum Gasteiger partial charge on any atom is 0.251 e. The number of aromatic nitrogens is 2. The van der Waals surface area contributed by atoms with Gasteiger partial charge in [-0.05, 0) is 69.0 Å². The van der Waals surface area contributed by atoms with Gasteiger partial charge in [0.25, 0.3) is 5.91 Å². The minimum atomic E-state index is -1.10. The molecule has 0 unspecified atom stereocenters. The Balaban J connectivity index is 1.36. The average Bonchev–Trinajstić information content (AvgIpc) is 3.76. The Bertz CT molecular complexity index is 1810. The van der Waals surface area contributed by atoms with Crippen molar-refractivity contribution in [3.63, 3.8) is 0 Å². The summed E-state index contributed by atoms with van der Waals surface area (Å²) in [5.41, 5.74) is 8.50. The number of hydrogen-bond donors (Lipinski definition) is 2. The molecule has 3 heterocycles. The third-order valence-electron chi connectivity index (χ3n) is 8.38. The molecule has 1 aliphatic carbocycles. The number of halogens is 3. The van der Waals surface area contributed by atoms with Gasteiger partial charge in [0.2, 0.25) is 5.91 Å². The Morgan fingerprint density at radius 1 is 1.16 bits per heavy atom. The van der Waals surface area contributed by atoms with Crippen LogP contribution in [0.2, 0.25) is 10.0 Å². The smallest absolute Gasteiger partial charge is 0.251 e. The quantitative estimate of drug-likeness (QED) is 0.244. The van der Waals surface area contributed by atoms with Crippen molar-refractivity contribution in [1.29, 1.82) is 0 Å². The van der Waals surface area contributed by atoms with Gasteiger partial charge in [-0.25, -0.2) is 14.4 Å². The highest BCUT2D eigenvalue weighted by atomic mass is 35.5. The second kappa shape index (κ2) is 11.0. The molecule has 1 fully saturated rings. The third kappa shape index (κ3) is 5.25. The number of carbonyl (C=O) groups is 2. The van der Waals surface area contributed by atoms with Crippen LogP contribution in [-0.2, 0) is 10.2 Å². The molecule has 1 aliphatic heterocycles. The van der Waals surface area contributed by atoms with Crippen LogP contribution in [0.25, 0.3) is 22.2 Å². The zero-order valence-corrected chi connectivity index (χ0v) is 25.3. The Kier molecular flexibility index (Phi) is 7.42. The molecule has 2 amide bonds. The standard InChI is InChI=1S/C32H29Cl2FN4O4/c1-15-23(34)9-18-8-19(11-26(42-3)27(18)38-15)30(40)37-13-20(16-4-5-16)25-12-21-29(43-14-32(21,2)31(36)41)28(39-25)17-6-7-22(33)24(35)10-17/h6-12,16,20H,4-5,13-14H2,1-3H3,(H2,36,41)(H,37,40)/t20-,32-/m0/s1. The SMILES string of the molecule is COc1cc(C(=O)NC[C@H](c2cc3c(c(-c4ccc(Cl)c(F)c4)n2)OC[C@]3(C)C(N)=O)C2CC2)cc2cc(Cl)c(C)nc12. The maximum absolute atomic E-state index is 14.5. The van der Waals surface area contributed by atoms with Crippen molar-refractivity contribution in [2.45, 2.75) is 38.0 Å². The largest absolute Gasteiger partial charge is 0.494 e. The molecular formula is C32H29Cl2FN4O4. The number of hydrogen-bond acceptors (Lipinski definition) is 6. The maximum atomic E-state index is 14.5. The lowest BCUT2D eigenvalue weighted by atomic mass is 9.82. The predicted molar refractivity (Wildman–Crippen MR) is 163 cm³/mol. The van der Waals surface area contributed by atoms with E-state index in [9.17, 15) is 14.0 Å². The fourth-order valence-electron chi connectivity index (χ4n) is 5.56. The van der Waals surface area contributed by atoms with Gasteiger partial charge in [0, 0.05) is 40.2 Å². The van der Waals surface area contributed by atoms with E-state index in [1.54, 1.807) is 38.1 Å². The number of aryl methyl sites for hydroxylation is 1. The van der Waals surface area contributed by atoms with E-state index >= 15 is 0 Å². The molecule has 222 valence electrons. The lowest BCUT2D eigenvalue weighted by Crippen LogP contribution is -2.40. The number of ether oxygens (including phenoxy) is 2. The Labute approximate surface area is 257 Å². The molecule has 43 heavy (non-hydrogen) atoms. The molecule has 0 radical (unpaired) electrons. The summed E-state index contributed by atoms with van der Waals surface area (Å²) < 4.78 is 26.0. The Morgan fingerprint density at radius 2 is 1.93 bits per heavy atom. The number of benzene rings is 2. The molecule has 0 bridgehead atoms. The van der Waals surface area contributed by atoms with E-state index in [4.69, 9.17) is 43.4 Å². The van der Waals surface area contributed by atoms with Crippen LogP contribution < -0.4 is 20.5 Å². The molecule has 11 heteroatoms. The molecule has 2 aromatic carbocycles. The van der Waals surface area contributed by atoms with Crippen molar-refractivity contribution in [2.75, 3.05) is 20.3 Å². The summed E-state index contributed by atoms with van der Waals surface area (Å²) in [6.45, 7) is 3.85. The zero-order valence-electron chi connectivity index (χ0n) is 23.8. The lowest BCUT2D eigenvalue weighted by Gasteiger charge is -2.22. The molecule has 0 saturated heterocycles. The van der Waals surface area contributed by atoms with Gasteiger partial charge in [0.1, 0.15) is 40.5 Å². The van der Waals surface area contributed by atoms with Gasteiger partial charge in [-0.1, -0.05) is 29.3 Å². The highest BCUT2D eigenvalue weighted by Crippen LogP contribution is 2.48. The highest BCUT2D eigenvalue weighted by molar-refractivity contribution is 6.32. The molecule has 8 nitrogen and oxygen atoms in total. The van der Waals surface area contributed by atoms with E-state index < -0.39 is 17.1 Å². The van der Waals surface area contributed by atoms with Gasteiger partial charge in [-0.2, -0.15) is 0 Å². The summed E-state index contributed by atoms with van der Waals surface area (Å²) >= 11 is 12.2. The van der Waals surface area contributed by atoms with E-state index in [0.29, 0.717) is 61.2 Å². The minimum absolute atomic E-state index is 0.0171. The number of fused-ring (bicyclic) bond motifs is 2. The van der Waals surface area contributed by atoms with Crippen LogP contribution >= 0.6 is 23.2 Å². The summed E-state index contributed by atoms with van der Waals surface area (Å²) in [4.78, 5) is 35.5. The second-order valence-electron chi connectivity index (χ2n) is 11.3. The van der Waals surface area contributed by atoms with Crippen LogP contribution in [0.1, 0.15) is 53.0 Å². The minimum Gasteiger partial charge on any atom is -0.494 e. The van der Waals surface area contributed by atoms with Crippen molar-refractivity contribution in [3.8, 4) is 22.8 Å². The summed E-state index contributed by atoms with van der Waals surface area (Å²) in [5.74, 6) is -0.497. The van der Waals surface area contributed by atoms with Crippen LogP contribution in [0, 0.1) is 18.7 Å². The topological polar surface area (TPSA) is 116 Å². The molecule has 2 atom stereocenters. The first-order valence-electron chi connectivity index (χ1n) is 13.9. The molecule has 2 aliphatic rings. The number of primary amides is 1.